The van der Waals surface area contributed by atoms with Gasteiger partial charge in [0.15, 0.2) is 0 Å². The fourth-order valence-electron chi connectivity index (χ4n) is 4.34. The average Bonchev–Trinajstić information content (AvgIpc) is 2.78. The van der Waals surface area contributed by atoms with Crippen LogP contribution in [0.4, 0.5) is 5.69 Å². The molecule has 158 valence electrons. The molecule has 0 aromatic heterocycles. The molecule has 0 bridgehead atoms. The lowest BCUT2D eigenvalue weighted by Gasteiger charge is -2.34. The summed E-state index contributed by atoms with van der Waals surface area (Å²) in [4.78, 5) is 15.3. The minimum absolute atomic E-state index is 0.0362. The molecule has 4 rings (SSSR count). The molecule has 1 aliphatic heterocycles. The maximum Gasteiger partial charge on any atom is 0.255 e. The predicted molar refractivity (Wildman–Crippen MR) is 128 cm³/mol. The lowest BCUT2D eigenvalue weighted by molar-refractivity contribution is 0.102. The topological polar surface area (TPSA) is 82.2 Å². The van der Waals surface area contributed by atoms with Gasteiger partial charge in [-0.2, -0.15) is 0 Å². The molecule has 0 saturated heterocycles. The summed E-state index contributed by atoms with van der Waals surface area (Å²) in [5, 5.41) is 12.5. The Balaban J connectivity index is 1.55. The monoisotopic (exact) mass is 412 g/mol. The van der Waals surface area contributed by atoms with E-state index in [0.717, 1.165) is 42.5 Å². The van der Waals surface area contributed by atoms with E-state index in [4.69, 9.17) is 11.1 Å². The summed E-state index contributed by atoms with van der Waals surface area (Å²) in [7, 11) is 0. The van der Waals surface area contributed by atoms with Crippen molar-refractivity contribution in [2.75, 3.05) is 18.4 Å². The Morgan fingerprint density at radius 1 is 1.16 bits per heavy atom. The van der Waals surface area contributed by atoms with E-state index in [9.17, 15) is 4.79 Å². The lowest BCUT2D eigenvalue weighted by atomic mass is 9.87. The third-order valence-corrected chi connectivity index (χ3v) is 6.01. The molecule has 4 N–H and O–H groups in total. The van der Waals surface area contributed by atoms with Gasteiger partial charge >= 0.3 is 0 Å². The number of nitrogens with two attached hydrogens (primary N) is 1. The van der Waals surface area contributed by atoms with Crippen molar-refractivity contribution in [1.82, 2.24) is 4.90 Å². The molecule has 31 heavy (non-hydrogen) atoms. The highest BCUT2D eigenvalue weighted by Gasteiger charge is 2.24. The fraction of sp³-hybridized carbons (Fsp3) is 0.231. The van der Waals surface area contributed by atoms with Crippen molar-refractivity contribution >= 4 is 28.2 Å². The van der Waals surface area contributed by atoms with E-state index in [2.05, 4.69) is 35.9 Å². The van der Waals surface area contributed by atoms with Gasteiger partial charge in [-0.05, 0) is 64.6 Å². The number of nitrogens with zero attached hydrogens (tertiary/aromatic N) is 1. The molecule has 3 aromatic carbocycles. The number of anilines is 1. The predicted octanol–water partition coefficient (Wildman–Crippen LogP) is 4.87. The normalized spacial score (nSPS) is 16.0. The second-order valence-electron chi connectivity index (χ2n) is 8.15. The lowest BCUT2D eigenvalue weighted by Crippen LogP contribution is -2.33. The number of fused-ring (bicyclic) bond motifs is 2. The maximum absolute atomic E-state index is 12.9. The standard InChI is InChI=1S/C26H28N4O/c1-3-11-30-15-17(4-2)24-14-23(10-9-22(24)16-30)29-26(31)21-8-6-18-12-20(25(27)28)7-5-19(18)13-21/h3,5-10,12-14,17H,1,4,11,15-16H2,2H3,(H3,27,28)(H,29,31). The van der Waals surface area contributed by atoms with Crippen LogP contribution in [0.15, 0.2) is 67.3 Å². The van der Waals surface area contributed by atoms with Gasteiger partial charge < -0.3 is 11.1 Å². The van der Waals surface area contributed by atoms with Crippen LogP contribution in [0.25, 0.3) is 10.8 Å². The number of carbonyl (C=O) groups excluding carboxylic acids is 1. The van der Waals surface area contributed by atoms with Crippen LogP contribution < -0.4 is 11.1 Å². The third-order valence-electron chi connectivity index (χ3n) is 6.01. The van der Waals surface area contributed by atoms with Gasteiger partial charge in [0, 0.05) is 36.4 Å². The van der Waals surface area contributed by atoms with Gasteiger partial charge in [-0.25, -0.2) is 0 Å². The van der Waals surface area contributed by atoms with Crippen molar-refractivity contribution < 1.29 is 4.79 Å². The summed E-state index contributed by atoms with van der Waals surface area (Å²) >= 11 is 0. The molecule has 0 aliphatic carbocycles. The van der Waals surface area contributed by atoms with Crippen LogP contribution in [0.3, 0.4) is 0 Å². The Kier molecular flexibility index (Phi) is 5.87. The van der Waals surface area contributed by atoms with Crippen LogP contribution in [-0.2, 0) is 6.54 Å². The van der Waals surface area contributed by atoms with Crippen molar-refractivity contribution in [1.29, 1.82) is 5.41 Å². The summed E-state index contributed by atoms with van der Waals surface area (Å²) < 4.78 is 0. The van der Waals surface area contributed by atoms with Crippen molar-refractivity contribution in [2.24, 2.45) is 5.73 Å². The molecule has 1 unspecified atom stereocenters. The van der Waals surface area contributed by atoms with Crippen LogP contribution in [0.5, 0.6) is 0 Å². The zero-order valence-corrected chi connectivity index (χ0v) is 17.8. The maximum atomic E-state index is 12.9. The van der Waals surface area contributed by atoms with Crippen LogP contribution in [0.2, 0.25) is 0 Å². The Hall–Kier alpha value is -3.44. The van der Waals surface area contributed by atoms with Crippen LogP contribution in [0, 0.1) is 5.41 Å². The first kappa shape index (κ1) is 20.8. The molecule has 0 saturated carbocycles. The number of benzene rings is 3. The molecular formula is C26H28N4O. The zero-order valence-electron chi connectivity index (χ0n) is 17.8. The largest absolute Gasteiger partial charge is 0.384 e. The van der Waals surface area contributed by atoms with Gasteiger partial charge in [-0.1, -0.05) is 37.3 Å². The molecule has 1 heterocycles. The average molecular weight is 413 g/mol. The smallest absolute Gasteiger partial charge is 0.255 e. The summed E-state index contributed by atoms with van der Waals surface area (Å²) in [6, 6.07) is 17.4. The summed E-state index contributed by atoms with van der Waals surface area (Å²) in [5.41, 5.74) is 10.3. The zero-order chi connectivity index (χ0) is 22.0. The summed E-state index contributed by atoms with van der Waals surface area (Å²) in [6.45, 7) is 8.90. The van der Waals surface area contributed by atoms with Gasteiger partial charge in [0.25, 0.3) is 5.91 Å². The first-order valence-electron chi connectivity index (χ1n) is 10.6. The second-order valence-corrected chi connectivity index (χ2v) is 8.15. The molecule has 5 heteroatoms. The van der Waals surface area contributed by atoms with Crippen LogP contribution in [-0.4, -0.2) is 29.7 Å². The number of hydrogen-bond donors (Lipinski definition) is 3. The Labute approximate surface area is 183 Å². The second kappa shape index (κ2) is 8.74. The molecule has 0 fully saturated rings. The SMILES string of the molecule is C=CCN1Cc2ccc(NC(=O)c3ccc4cc(C(=N)N)ccc4c3)cc2C(CC)C1. The van der Waals surface area contributed by atoms with E-state index in [1.807, 2.05) is 42.5 Å². The van der Waals surface area contributed by atoms with E-state index in [-0.39, 0.29) is 11.7 Å². The number of nitrogen functional groups attached to an aromatic ring is 1. The minimum atomic E-state index is -0.130. The highest BCUT2D eigenvalue weighted by Crippen LogP contribution is 2.32. The van der Waals surface area contributed by atoms with E-state index < -0.39 is 0 Å². The van der Waals surface area contributed by atoms with Gasteiger partial charge in [-0.15, -0.1) is 6.58 Å². The van der Waals surface area contributed by atoms with E-state index >= 15 is 0 Å². The molecular weight excluding hydrogens is 384 g/mol. The summed E-state index contributed by atoms with van der Waals surface area (Å²) in [6.07, 6.45) is 3.02. The van der Waals surface area contributed by atoms with Crippen molar-refractivity contribution in [2.45, 2.75) is 25.8 Å². The number of rotatable bonds is 6. The van der Waals surface area contributed by atoms with Crippen molar-refractivity contribution in [3.05, 3.63) is 89.5 Å². The molecule has 1 amide bonds. The van der Waals surface area contributed by atoms with Gasteiger partial charge in [0.05, 0.1) is 0 Å². The molecule has 3 aromatic rings. The van der Waals surface area contributed by atoms with Gasteiger partial charge in [0.2, 0.25) is 0 Å². The number of carbonyl (C=O) groups is 1. The molecule has 1 atom stereocenters. The van der Waals surface area contributed by atoms with Gasteiger partial charge in [0.1, 0.15) is 5.84 Å². The molecule has 0 spiro atoms. The van der Waals surface area contributed by atoms with Crippen molar-refractivity contribution in [3.8, 4) is 0 Å². The van der Waals surface area contributed by atoms with Crippen molar-refractivity contribution in [3.63, 3.8) is 0 Å². The summed E-state index contributed by atoms with van der Waals surface area (Å²) in [5.74, 6) is 0.362. The van der Waals surface area contributed by atoms with E-state index in [0.29, 0.717) is 17.0 Å². The van der Waals surface area contributed by atoms with Gasteiger partial charge in [-0.3, -0.25) is 15.1 Å². The molecule has 1 aliphatic rings. The third kappa shape index (κ3) is 4.37. The number of amidine groups is 1. The first-order valence-corrected chi connectivity index (χ1v) is 10.6. The number of amides is 1. The van der Waals surface area contributed by atoms with E-state index in [1.165, 1.54) is 11.1 Å². The quantitative estimate of drug-likeness (QED) is 0.307. The van der Waals surface area contributed by atoms with E-state index in [1.54, 1.807) is 6.07 Å². The Bertz CT molecular complexity index is 1170. The number of hydrogen-bond acceptors (Lipinski definition) is 3. The Morgan fingerprint density at radius 3 is 2.55 bits per heavy atom. The Morgan fingerprint density at radius 2 is 1.87 bits per heavy atom. The highest BCUT2D eigenvalue weighted by molar-refractivity contribution is 6.07. The minimum Gasteiger partial charge on any atom is -0.384 e. The molecule has 5 nitrogen and oxygen atoms in total. The molecule has 0 radical (unpaired) electrons. The fourth-order valence-corrected chi connectivity index (χ4v) is 4.34. The highest BCUT2D eigenvalue weighted by atomic mass is 16.1. The van der Waals surface area contributed by atoms with Crippen LogP contribution >= 0.6 is 0 Å². The van der Waals surface area contributed by atoms with Crippen LogP contribution in [0.1, 0.15) is 46.3 Å². The first-order chi connectivity index (χ1) is 15.0. The number of nitrogens with one attached hydrogen (secondary N) is 2.